The fourth-order valence-electron chi connectivity index (χ4n) is 1.93. The van der Waals surface area contributed by atoms with Gasteiger partial charge in [-0.2, -0.15) is 0 Å². The van der Waals surface area contributed by atoms with Gasteiger partial charge in [-0.15, -0.1) is 0 Å². The van der Waals surface area contributed by atoms with E-state index in [9.17, 15) is 9.59 Å². The number of hydrogen-bond acceptors (Lipinski definition) is 4. The molecule has 1 heterocycles. The van der Waals surface area contributed by atoms with Crippen LogP contribution < -0.4 is 5.32 Å². The number of ether oxygens (including phenoxy) is 2. The van der Waals surface area contributed by atoms with Gasteiger partial charge in [-0.3, -0.25) is 4.79 Å². The van der Waals surface area contributed by atoms with E-state index >= 15 is 0 Å². The van der Waals surface area contributed by atoms with E-state index in [0.29, 0.717) is 19.6 Å². The van der Waals surface area contributed by atoms with Crippen LogP contribution in [0.5, 0.6) is 0 Å². The van der Waals surface area contributed by atoms with Crippen molar-refractivity contribution >= 4 is 11.9 Å². The highest BCUT2D eigenvalue weighted by atomic mass is 16.5. The molecule has 0 radical (unpaired) electrons. The Morgan fingerprint density at radius 3 is 2.58 bits per heavy atom. The third-order valence-electron chi connectivity index (χ3n) is 3.41. The molecular formula is C13H23NO5. The smallest absolute Gasteiger partial charge is 0.326 e. The lowest BCUT2D eigenvalue weighted by molar-refractivity contribution is -0.144. The van der Waals surface area contributed by atoms with Gasteiger partial charge in [0, 0.05) is 13.2 Å². The van der Waals surface area contributed by atoms with Crippen LogP contribution in [0.25, 0.3) is 0 Å². The van der Waals surface area contributed by atoms with Gasteiger partial charge in [0.05, 0.1) is 6.10 Å². The van der Waals surface area contributed by atoms with E-state index in [4.69, 9.17) is 14.6 Å². The molecule has 2 N–H and O–H groups in total. The summed E-state index contributed by atoms with van der Waals surface area (Å²) in [4.78, 5) is 22.8. The van der Waals surface area contributed by atoms with Crippen LogP contribution in [-0.4, -0.2) is 48.9 Å². The van der Waals surface area contributed by atoms with Gasteiger partial charge in [-0.1, -0.05) is 20.3 Å². The number of carboxylic acids is 1. The van der Waals surface area contributed by atoms with E-state index in [-0.39, 0.29) is 24.5 Å². The van der Waals surface area contributed by atoms with Gasteiger partial charge in [0.15, 0.2) is 0 Å². The lowest BCUT2D eigenvalue weighted by Crippen LogP contribution is -2.46. The SMILES string of the molecule is CC[C@H](C)[C@H](NC(=O)COC1CCOCC1)C(=O)O. The maximum Gasteiger partial charge on any atom is 0.326 e. The monoisotopic (exact) mass is 273 g/mol. The Morgan fingerprint density at radius 1 is 1.42 bits per heavy atom. The average Bonchev–Trinajstić information content (AvgIpc) is 2.42. The normalized spacial score (nSPS) is 19.7. The Labute approximate surface area is 113 Å². The van der Waals surface area contributed by atoms with Crippen LogP contribution in [0.2, 0.25) is 0 Å². The summed E-state index contributed by atoms with van der Waals surface area (Å²) in [6.45, 7) is 4.91. The number of aliphatic carboxylic acids is 1. The molecule has 1 saturated heterocycles. The highest BCUT2D eigenvalue weighted by molar-refractivity contribution is 5.84. The van der Waals surface area contributed by atoms with Gasteiger partial charge in [0.1, 0.15) is 12.6 Å². The Balaban J connectivity index is 2.33. The predicted octanol–water partition coefficient (Wildman–Crippen LogP) is 0.798. The molecule has 0 aromatic carbocycles. The minimum absolute atomic E-state index is 0.0337. The van der Waals surface area contributed by atoms with Crippen molar-refractivity contribution in [1.82, 2.24) is 5.32 Å². The summed E-state index contributed by atoms with van der Waals surface area (Å²) in [6, 6.07) is -0.851. The molecule has 0 unspecified atom stereocenters. The largest absolute Gasteiger partial charge is 0.480 e. The summed E-state index contributed by atoms with van der Waals surface area (Å²) in [6.07, 6.45) is 2.28. The summed E-state index contributed by atoms with van der Waals surface area (Å²) in [5.41, 5.74) is 0. The number of carbonyl (C=O) groups is 2. The summed E-state index contributed by atoms with van der Waals surface area (Å²) in [5, 5.41) is 11.6. The Kier molecular flexibility index (Phi) is 6.80. The zero-order valence-electron chi connectivity index (χ0n) is 11.6. The molecule has 1 amide bonds. The van der Waals surface area contributed by atoms with Crippen molar-refractivity contribution in [1.29, 1.82) is 0 Å². The molecular weight excluding hydrogens is 250 g/mol. The standard InChI is InChI=1S/C13H23NO5/c1-3-9(2)12(13(16)17)14-11(15)8-19-10-4-6-18-7-5-10/h9-10,12H,3-8H2,1-2H3,(H,14,15)(H,16,17)/t9-,12-/m0/s1. The molecule has 0 aromatic rings. The highest BCUT2D eigenvalue weighted by Gasteiger charge is 2.25. The first-order valence-electron chi connectivity index (χ1n) is 6.76. The van der Waals surface area contributed by atoms with E-state index < -0.39 is 12.0 Å². The first-order chi connectivity index (χ1) is 9.04. The molecule has 110 valence electrons. The second-order valence-electron chi connectivity index (χ2n) is 4.89. The third kappa shape index (κ3) is 5.57. The minimum Gasteiger partial charge on any atom is -0.480 e. The van der Waals surface area contributed by atoms with Gasteiger partial charge in [0.2, 0.25) is 5.91 Å². The number of hydrogen-bond donors (Lipinski definition) is 2. The van der Waals surface area contributed by atoms with Gasteiger partial charge < -0.3 is 19.9 Å². The maximum atomic E-state index is 11.7. The molecule has 1 aliphatic heterocycles. The molecule has 1 fully saturated rings. The molecule has 1 aliphatic rings. The second-order valence-corrected chi connectivity index (χ2v) is 4.89. The van der Waals surface area contributed by atoms with Gasteiger partial charge >= 0.3 is 5.97 Å². The fraction of sp³-hybridized carbons (Fsp3) is 0.846. The van der Waals surface area contributed by atoms with Crippen molar-refractivity contribution in [3.63, 3.8) is 0 Å². The minimum atomic E-state index is -1.01. The topological polar surface area (TPSA) is 84.9 Å². The number of carbonyl (C=O) groups excluding carboxylic acids is 1. The Bertz CT molecular complexity index is 301. The van der Waals surface area contributed by atoms with E-state index in [2.05, 4.69) is 5.32 Å². The first kappa shape index (κ1) is 15.9. The summed E-state index contributed by atoms with van der Waals surface area (Å²) in [7, 11) is 0. The van der Waals surface area contributed by atoms with Gasteiger partial charge in [-0.05, 0) is 18.8 Å². The number of amides is 1. The first-order valence-corrected chi connectivity index (χ1v) is 6.76. The van der Waals surface area contributed by atoms with E-state index in [1.807, 2.05) is 6.92 Å². The number of carboxylic acid groups (broad SMARTS) is 1. The molecule has 0 aliphatic carbocycles. The second kappa shape index (κ2) is 8.12. The molecule has 0 bridgehead atoms. The van der Waals surface area contributed by atoms with E-state index in [1.54, 1.807) is 6.92 Å². The summed E-state index contributed by atoms with van der Waals surface area (Å²) < 4.78 is 10.6. The van der Waals surface area contributed by atoms with E-state index in [0.717, 1.165) is 12.8 Å². The average molecular weight is 273 g/mol. The molecule has 0 saturated carbocycles. The number of nitrogens with one attached hydrogen (secondary N) is 1. The Morgan fingerprint density at radius 2 is 2.05 bits per heavy atom. The van der Waals surface area contributed by atoms with Crippen LogP contribution in [0.3, 0.4) is 0 Å². The van der Waals surface area contributed by atoms with Crippen molar-refractivity contribution in [2.45, 2.75) is 45.3 Å². The lowest BCUT2D eigenvalue weighted by atomic mass is 9.99. The molecule has 1 rings (SSSR count). The zero-order chi connectivity index (χ0) is 14.3. The molecule has 2 atom stereocenters. The summed E-state index contributed by atoms with van der Waals surface area (Å²) in [5.74, 6) is -1.49. The molecule has 6 heteroatoms. The predicted molar refractivity (Wildman–Crippen MR) is 68.8 cm³/mol. The van der Waals surface area contributed by atoms with Crippen molar-refractivity contribution in [3.8, 4) is 0 Å². The Hall–Kier alpha value is -1.14. The third-order valence-corrected chi connectivity index (χ3v) is 3.41. The van der Waals surface area contributed by atoms with Crippen LogP contribution in [0.4, 0.5) is 0 Å². The van der Waals surface area contributed by atoms with Gasteiger partial charge in [0.25, 0.3) is 0 Å². The quantitative estimate of drug-likeness (QED) is 0.716. The lowest BCUT2D eigenvalue weighted by Gasteiger charge is -2.23. The van der Waals surface area contributed by atoms with Crippen molar-refractivity contribution in [3.05, 3.63) is 0 Å². The molecule has 0 aromatic heterocycles. The van der Waals surface area contributed by atoms with Crippen LogP contribution >= 0.6 is 0 Å². The number of rotatable bonds is 7. The highest BCUT2D eigenvalue weighted by Crippen LogP contribution is 2.11. The van der Waals surface area contributed by atoms with Crippen LogP contribution in [0, 0.1) is 5.92 Å². The molecule has 6 nitrogen and oxygen atoms in total. The van der Waals surface area contributed by atoms with Crippen molar-refractivity contribution in [2.75, 3.05) is 19.8 Å². The van der Waals surface area contributed by atoms with Crippen LogP contribution in [-0.2, 0) is 19.1 Å². The van der Waals surface area contributed by atoms with Crippen molar-refractivity contribution in [2.24, 2.45) is 5.92 Å². The van der Waals surface area contributed by atoms with Gasteiger partial charge in [-0.25, -0.2) is 4.79 Å². The van der Waals surface area contributed by atoms with Crippen molar-refractivity contribution < 1.29 is 24.2 Å². The van der Waals surface area contributed by atoms with E-state index in [1.165, 1.54) is 0 Å². The van der Waals surface area contributed by atoms with Crippen LogP contribution in [0.15, 0.2) is 0 Å². The van der Waals surface area contributed by atoms with Crippen LogP contribution in [0.1, 0.15) is 33.1 Å². The maximum absolute atomic E-state index is 11.7. The molecule has 19 heavy (non-hydrogen) atoms. The summed E-state index contributed by atoms with van der Waals surface area (Å²) >= 11 is 0. The molecule has 0 spiro atoms. The zero-order valence-corrected chi connectivity index (χ0v) is 11.6. The fourth-order valence-corrected chi connectivity index (χ4v) is 1.93.